The average molecular weight is 193 g/mol. The third-order valence-electron chi connectivity index (χ3n) is 1.99. The van der Waals surface area contributed by atoms with Crippen LogP contribution in [0.5, 0.6) is 0 Å². The van der Waals surface area contributed by atoms with Crippen molar-refractivity contribution in [3.05, 3.63) is 0 Å². The standard InChI is InChI=1S/C6H8FNO5/c7-6(4(10)11)3(9)1-2-8(6)5(12)13/h3,9H,1-2H2,(H,10,11)(H,12,13). The van der Waals surface area contributed by atoms with Gasteiger partial charge in [-0.05, 0) is 6.42 Å². The lowest BCUT2D eigenvalue weighted by Crippen LogP contribution is -2.54. The van der Waals surface area contributed by atoms with Crippen LogP contribution in [0.3, 0.4) is 0 Å². The van der Waals surface area contributed by atoms with Crippen LogP contribution in [-0.2, 0) is 4.79 Å². The van der Waals surface area contributed by atoms with Gasteiger partial charge in [0.1, 0.15) is 6.10 Å². The monoisotopic (exact) mass is 193 g/mol. The highest BCUT2D eigenvalue weighted by Gasteiger charge is 2.58. The molecular weight excluding hydrogens is 185 g/mol. The summed E-state index contributed by atoms with van der Waals surface area (Å²) in [6, 6.07) is 0. The molecule has 2 unspecified atom stereocenters. The second-order valence-electron chi connectivity index (χ2n) is 2.72. The fourth-order valence-electron chi connectivity index (χ4n) is 1.28. The Labute approximate surface area is 72.2 Å². The van der Waals surface area contributed by atoms with Crippen LogP contribution >= 0.6 is 0 Å². The summed E-state index contributed by atoms with van der Waals surface area (Å²) in [5.41, 5.74) is 0. The number of likely N-dealkylation sites (tertiary alicyclic amines) is 1. The molecule has 6 nitrogen and oxygen atoms in total. The molecule has 7 heteroatoms. The topological polar surface area (TPSA) is 98.1 Å². The molecule has 1 aliphatic heterocycles. The number of nitrogens with zero attached hydrogens (tertiary/aromatic N) is 1. The number of aliphatic hydroxyl groups is 1. The third-order valence-corrected chi connectivity index (χ3v) is 1.99. The van der Waals surface area contributed by atoms with Crippen LogP contribution in [0.4, 0.5) is 9.18 Å². The van der Waals surface area contributed by atoms with Gasteiger partial charge < -0.3 is 15.3 Å². The molecule has 0 aromatic heterocycles. The van der Waals surface area contributed by atoms with E-state index in [1.807, 2.05) is 0 Å². The Morgan fingerprint density at radius 1 is 1.46 bits per heavy atom. The summed E-state index contributed by atoms with van der Waals surface area (Å²) < 4.78 is 13.4. The van der Waals surface area contributed by atoms with Gasteiger partial charge in [0, 0.05) is 6.54 Å². The first-order valence-electron chi connectivity index (χ1n) is 3.51. The zero-order chi connectivity index (χ0) is 10.2. The summed E-state index contributed by atoms with van der Waals surface area (Å²) in [5.74, 6) is -5.19. The first kappa shape index (κ1) is 9.72. The summed E-state index contributed by atoms with van der Waals surface area (Å²) in [7, 11) is 0. The smallest absolute Gasteiger partial charge is 0.410 e. The highest BCUT2D eigenvalue weighted by Crippen LogP contribution is 2.31. The predicted octanol–water partition coefficient (Wildman–Crippen LogP) is -0.519. The molecule has 0 radical (unpaired) electrons. The van der Waals surface area contributed by atoms with E-state index in [0.29, 0.717) is 0 Å². The van der Waals surface area contributed by atoms with Crippen LogP contribution in [0.15, 0.2) is 0 Å². The summed E-state index contributed by atoms with van der Waals surface area (Å²) in [6.07, 6.45) is -3.71. The molecule has 1 saturated heterocycles. The maximum Gasteiger partial charge on any atom is 0.410 e. The molecule has 1 aliphatic rings. The van der Waals surface area contributed by atoms with E-state index in [9.17, 15) is 14.0 Å². The minimum absolute atomic E-state index is 0.0833. The van der Waals surface area contributed by atoms with Gasteiger partial charge in [-0.1, -0.05) is 0 Å². The minimum Gasteiger partial charge on any atom is -0.477 e. The van der Waals surface area contributed by atoms with Gasteiger partial charge in [-0.15, -0.1) is 0 Å². The van der Waals surface area contributed by atoms with Crippen LogP contribution in [0.25, 0.3) is 0 Å². The fourth-order valence-corrected chi connectivity index (χ4v) is 1.28. The SMILES string of the molecule is O=C(O)N1CCC(O)C1(F)C(=O)O. The molecule has 2 atom stereocenters. The first-order chi connectivity index (χ1) is 5.90. The second kappa shape index (κ2) is 2.84. The Morgan fingerprint density at radius 2 is 2.00 bits per heavy atom. The quantitative estimate of drug-likeness (QED) is 0.487. The second-order valence-corrected chi connectivity index (χ2v) is 2.72. The van der Waals surface area contributed by atoms with Gasteiger partial charge in [-0.2, -0.15) is 0 Å². The lowest BCUT2D eigenvalue weighted by atomic mass is 10.1. The zero-order valence-corrected chi connectivity index (χ0v) is 6.47. The van der Waals surface area contributed by atoms with E-state index in [1.165, 1.54) is 0 Å². The molecule has 1 heterocycles. The molecule has 1 fully saturated rings. The number of carboxylic acid groups (broad SMARTS) is 2. The van der Waals surface area contributed by atoms with Gasteiger partial charge >= 0.3 is 17.9 Å². The van der Waals surface area contributed by atoms with Crippen LogP contribution in [-0.4, -0.2) is 50.7 Å². The van der Waals surface area contributed by atoms with Crippen molar-refractivity contribution in [1.29, 1.82) is 0 Å². The van der Waals surface area contributed by atoms with E-state index in [4.69, 9.17) is 15.3 Å². The predicted molar refractivity (Wildman–Crippen MR) is 36.8 cm³/mol. The highest BCUT2D eigenvalue weighted by molar-refractivity contribution is 5.83. The van der Waals surface area contributed by atoms with Gasteiger partial charge in [-0.3, -0.25) is 4.90 Å². The van der Waals surface area contributed by atoms with Crippen molar-refractivity contribution < 1.29 is 29.3 Å². The molecule has 0 aromatic rings. The number of amides is 1. The van der Waals surface area contributed by atoms with Gasteiger partial charge in [0.15, 0.2) is 0 Å². The lowest BCUT2D eigenvalue weighted by Gasteiger charge is -2.26. The number of carboxylic acids is 1. The average Bonchev–Trinajstić information content (AvgIpc) is 2.30. The van der Waals surface area contributed by atoms with Crippen molar-refractivity contribution in [1.82, 2.24) is 4.90 Å². The highest BCUT2D eigenvalue weighted by atomic mass is 19.1. The number of rotatable bonds is 1. The van der Waals surface area contributed by atoms with Crippen LogP contribution in [0.2, 0.25) is 0 Å². The maximum absolute atomic E-state index is 13.4. The van der Waals surface area contributed by atoms with E-state index in [0.717, 1.165) is 0 Å². The van der Waals surface area contributed by atoms with Crippen LogP contribution in [0.1, 0.15) is 6.42 Å². The molecule has 74 valence electrons. The number of hydrogen-bond donors (Lipinski definition) is 3. The normalized spacial score (nSPS) is 33.4. The summed E-state index contributed by atoms with van der Waals surface area (Å²) in [4.78, 5) is 20.9. The first-order valence-corrected chi connectivity index (χ1v) is 3.51. The van der Waals surface area contributed by atoms with E-state index in [-0.39, 0.29) is 17.9 Å². The van der Waals surface area contributed by atoms with E-state index < -0.39 is 24.0 Å². The Bertz CT molecular complexity index is 257. The van der Waals surface area contributed by atoms with E-state index in [1.54, 1.807) is 0 Å². The number of carbonyl (C=O) groups is 2. The molecule has 0 aliphatic carbocycles. The number of aliphatic hydroxyl groups excluding tert-OH is 1. The Kier molecular flexibility index (Phi) is 2.12. The van der Waals surface area contributed by atoms with Gasteiger partial charge in [0.05, 0.1) is 0 Å². The molecular formula is C6H8FNO5. The van der Waals surface area contributed by atoms with Gasteiger partial charge in [-0.25, -0.2) is 14.0 Å². The van der Waals surface area contributed by atoms with Crippen molar-refractivity contribution in [2.24, 2.45) is 0 Å². The number of hydrogen-bond acceptors (Lipinski definition) is 3. The summed E-state index contributed by atoms with van der Waals surface area (Å²) >= 11 is 0. The van der Waals surface area contributed by atoms with E-state index in [2.05, 4.69) is 0 Å². The number of halogens is 1. The van der Waals surface area contributed by atoms with Crippen LogP contribution < -0.4 is 0 Å². The van der Waals surface area contributed by atoms with Gasteiger partial charge in [0.25, 0.3) is 0 Å². The summed E-state index contributed by atoms with van der Waals surface area (Å²) in [6.45, 7) is -0.320. The molecule has 0 bridgehead atoms. The van der Waals surface area contributed by atoms with Gasteiger partial charge in [0.2, 0.25) is 0 Å². The molecule has 0 aromatic carbocycles. The van der Waals surface area contributed by atoms with Crippen molar-refractivity contribution >= 4 is 12.1 Å². The summed E-state index contributed by atoms with van der Waals surface area (Å²) in [5, 5.41) is 25.8. The Morgan fingerprint density at radius 3 is 2.31 bits per heavy atom. The molecule has 1 amide bonds. The molecule has 1 rings (SSSR count). The van der Waals surface area contributed by atoms with Crippen molar-refractivity contribution in [3.8, 4) is 0 Å². The number of aliphatic carboxylic acids is 1. The van der Waals surface area contributed by atoms with Crippen molar-refractivity contribution in [3.63, 3.8) is 0 Å². The Balaban J connectivity index is 3.01. The zero-order valence-electron chi connectivity index (χ0n) is 6.47. The van der Waals surface area contributed by atoms with E-state index >= 15 is 0 Å². The fraction of sp³-hybridized carbons (Fsp3) is 0.667. The molecule has 0 spiro atoms. The minimum atomic E-state index is -3.20. The Hall–Kier alpha value is -1.37. The van der Waals surface area contributed by atoms with Crippen molar-refractivity contribution in [2.45, 2.75) is 18.3 Å². The molecule has 0 saturated carbocycles. The maximum atomic E-state index is 13.4. The van der Waals surface area contributed by atoms with Crippen molar-refractivity contribution in [2.75, 3.05) is 6.54 Å². The third kappa shape index (κ3) is 1.21. The lowest BCUT2D eigenvalue weighted by molar-refractivity contribution is -0.170. The van der Waals surface area contributed by atoms with Crippen LogP contribution in [0, 0.1) is 0 Å². The largest absolute Gasteiger partial charge is 0.477 e. The number of alkyl halides is 1. The molecule has 3 N–H and O–H groups in total. The molecule has 13 heavy (non-hydrogen) atoms.